The van der Waals surface area contributed by atoms with Gasteiger partial charge in [0.25, 0.3) is 0 Å². The van der Waals surface area contributed by atoms with Gasteiger partial charge in [0.15, 0.2) is 5.78 Å². The van der Waals surface area contributed by atoms with Gasteiger partial charge >= 0.3 is 0 Å². The van der Waals surface area contributed by atoms with E-state index in [-0.39, 0.29) is 5.78 Å². The van der Waals surface area contributed by atoms with Crippen LogP contribution in [0.5, 0.6) is 0 Å². The maximum Gasteiger partial charge on any atom is 0.158 e. The van der Waals surface area contributed by atoms with Crippen molar-refractivity contribution < 1.29 is 9.53 Å². The Labute approximate surface area is 80.7 Å². The summed E-state index contributed by atoms with van der Waals surface area (Å²) in [5.41, 5.74) is 0. The van der Waals surface area contributed by atoms with Crippen LogP contribution in [0.4, 0.5) is 0 Å². The summed E-state index contributed by atoms with van der Waals surface area (Å²) in [5.74, 6) is 0.994. The van der Waals surface area contributed by atoms with Crippen LogP contribution in [0.15, 0.2) is 0 Å². The van der Waals surface area contributed by atoms with Gasteiger partial charge in [-0.25, -0.2) is 0 Å². The minimum absolute atomic E-state index is 0.221. The fourth-order valence-electron chi connectivity index (χ4n) is 1.84. The molecule has 1 rings (SSSR count). The summed E-state index contributed by atoms with van der Waals surface area (Å²) in [4.78, 5) is 11.0. The van der Waals surface area contributed by atoms with E-state index in [1.807, 2.05) is 6.92 Å². The van der Waals surface area contributed by atoms with Crippen LogP contribution in [0.3, 0.4) is 0 Å². The zero-order chi connectivity index (χ0) is 9.68. The number of hydrogen-bond donors (Lipinski definition) is 0. The zero-order valence-electron chi connectivity index (χ0n) is 8.71. The van der Waals surface area contributed by atoms with Gasteiger partial charge in [0, 0.05) is 6.42 Å². The van der Waals surface area contributed by atoms with Gasteiger partial charge in [-0.3, -0.25) is 4.79 Å². The Kier molecular flexibility index (Phi) is 4.43. The maximum absolute atomic E-state index is 11.0. The third-order valence-electron chi connectivity index (χ3n) is 2.76. The van der Waals surface area contributed by atoms with Crippen LogP contribution in [0.1, 0.15) is 46.0 Å². The van der Waals surface area contributed by atoms with Crippen molar-refractivity contribution in [3.05, 3.63) is 0 Å². The number of ether oxygens (including phenoxy) is 1. The van der Waals surface area contributed by atoms with Crippen LogP contribution in [0, 0.1) is 5.92 Å². The van der Waals surface area contributed by atoms with Crippen LogP contribution in [-0.2, 0) is 9.53 Å². The molecule has 1 aliphatic carbocycles. The molecule has 1 saturated carbocycles. The Balaban J connectivity index is 2.17. The van der Waals surface area contributed by atoms with Crippen molar-refractivity contribution in [3.8, 4) is 0 Å². The number of hydrogen-bond acceptors (Lipinski definition) is 2. The Morgan fingerprint density at radius 2 is 2.23 bits per heavy atom. The molecule has 0 aromatic rings. The number of rotatable bonds is 4. The first kappa shape index (κ1) is 10.7. The summed E-state index contributed by atoms with van der Waals surface area (Å²) in [6.07, 6.45) is 5.80. The standard InChI is InChI=1S/C11H20O2/c1-3-10(12)8-13-11-6-4-5-9(2)7-11/h9,11H,3-8H2,1-2H3. The molecule has 0 spiro atoms. The van der Waals surface area contributed by atoms with Crippen LogP contribution in [0.25, 0.3) is 0 Å². The molecule has 0 aliphatic heterocycles. The molecule has 13 heavy (non-hydrogen) atoms. The number of ketones is 1. The second kappa shape index (κ2) is 5.38. The molecule has 2 atom stereocenters. The second-order valence-corrected chi connectivity index (χ2v) is 4.10. The predicted molar refractivity (Wildman–Crippen MR) is 52.7 cm³/mol. The average Bonchev–Trinajstić information content (AvgIpc) is 2.14. The summed E-state index contributed by atoms with van der Waals surface area (Å²) < 4.78 is 5.56. The molecule has 0 saturated heterocycles. The topological polar surface area (TPSA) is 26.3 Å². The third kappa shape index (κ3) is 3.90. The van der Waals surface area contributed by atoms with Gasteiger partial charge in [0.05, 0.1) is 6.10 Å². The molecule has 0 aromatic carbocycles. The van der Waals surface area contributed by atoms with E-state index in [1.165, 1.54) is 12.8 Å². The number of carbonyl (C=O) groups excluding carboxylic acids is 1. The minimum Gasteiger partial charge on any atom is -0.370 e. The van der Waals surface area contributed by atoms with E-state index in [0.29, 0.717) is 19.1 Å². The van der Waals surface area contributed by atoms with Gasteiger partial charge in [-0.1, -0.05) is 26.7 Å². The molecule has 76 valence electrons. The zero-order valence-corrected chi connectivity index (χ0v) is 8.71. The lowest BCUT2D eigenvalue weighted by atomic mass is 9.89. The fourth-order valence-corrected chi connectivity index (χ4v) is 1.84. The predicted octanol–water partition coefficient (Wildman–Crippen LogP) is 2.56. The van der Waals surface area contributed by atoms with Crippen molar-refractivity contribution in [2.75, 3.05) is 6.61 Å². The van der Waals surface area contributed by atoms with E-state index in [0.717, 1.165) is 18.8 Å². The maximum atomic E-state index is 11.0. The summed E-state index contributed by atoms with van der Waals surface area (Å²) in [5, 5.41) is 0. The Morgan fingerprint density at radius 3 is 2.85 bits per heavy atom. The van der Waals surface area contributed by atoms with E-state index in [1.54, 1.807) is 0 Å². The van der Waals surface area contributed by atoms with Gasteiger partial charge in [-0.05, 0) is 18.8 Å². The summed E-state index contributed by atoms with van der Waals surface area (Å²) >= 11 is 0. The monoisotopic (exact) mass is 184 g/mol. The first-order chi connectivity index (χ1) is 6.22. The number of Topliss-reactive ketones (excluding diaryl/α,β-unsaturated/α-hetero) is 1. The molecule has 0 bridgehead atoms. The van der Waals surface area contributed by atoms with Gasteiger partial charge < -0.3 is 4.74 Å². The highest BCUT2D eigenvalue weighted by atomic mass is 16.5. The highest BCUT2D eigenvalue weighted by Gasteiger charge is 2.19. The molecule has 0 heterocycles. The highest BCUT2D eigenvalue weighted by Crippen LogP contribution is 2.25. The lowest BCUT2D eigenvalue weighted by Crippen LogP contribution is -2.24. The molecule has 2 heteroatoms. The van der Waals surface area contributed by atoms with Crippen molar-refractivity contribution in [1.82, 2.24) is 0 Å². The smallest absolute Gasteiger partial charge is 0.158 e. The van der Waals surface area contributed by atoms with Crippen LogP contribution in [0.2, 0.25) is 0 Å². The Morgan fingerprint density at radius 1 is 1.46 bits per heavy atom. The van der Waals surface area contributed by atoms with Crippen LogP contribution < -0.4 is 0 Å². The van der Waals surface area contributed by atoms with E-state index < -0.39 is 0 Å². The van der Waals surface area contributed by atoms with E-state index in [9.17, 15) is 4.79 Å². The van der Waals surface area contributed by atoms with Crippen molar-refractivity contribution in [2.24, 2.45) is 5.92 Å². The first-order valence-corrected chi connectivity index (χ1v) is 5.35. The van der Waals surface area contributed by atoms with Crippen molar-refractivity contribution >= 4 is 5.78 Å². The van der Waals surface area contributed by atoms with Crippen molar-refractivity contribution in [3.63, 3.8) is 0 Å². The van der Waals surface area contributed by atoms with Crippen LogP contribution >= 0.6 is 0 Å². The molecule has 1 aliphatic rings. The average molecular weight is 184 g/mol. The first-order valence-electron chi connectivity index (χ1n) is 5.35. The van der Waals surface area contributed by atoms with Crippen molar-refractivity contribution in [2.45, 2.75) is 52.1 Å². The van der Waals surface area contributed by atoms with Crippen molar-refractivity contribution in [1.29, 1.82) is 0 Å². The van der Waals surface area contributed by atoms with Gasteiger partial charge in [0.1, 0.15) is 6.61 Å². The second-order valence-electron chi connectivity index (χ2n) is 4.10. The quantitative estimate of drug-likeness (QED) is 0.671. The lowest BCUT2D eigenvalue weighted by Gasteiger charge is -2.26. The van der Waals surface area contributed by atoms with E-state index in [4.69, 9.17) is 4.74 Å². The molecule has 0 amide bonds. The molecule has 0 aromatic heterocycles. The fraction of sp³-hybridized carbons (Fsp3) is 0.909. The molecule has 0 radical (unpaired) electrons. The lowest BCUT2D eigenvalue weighted by molar-refractivity contribution is -0.126. The summed E-state index contributed by atoms with van der Waals surface area (Å²) in [6.45, 7) is 4.47. The summed E-state index contributed by atoms with van der Waals surface area (Å²) in [7, 11) is 0. The largest absolute Gasteiger partial charge is 0.370 e. The normalized spacial score (nSPS) is 28.8. The third-order valence-corrected chi connectivity index (χ3v) is 2.76. The molecule has 1 fully saturated rings. The van der Waals surface area contributed by atoms with E-state index >= 15 is 0 Å². The highest BCUT2D eigenvalue weighted by molar-refractivity contribution is 5.79. The molecule has 2 unspecified atom stereocenters. The molecular weight excluding hydrogens is 164 g/mol. The minimum atomic E-state index is 0.221. The van der Waals surface area contributed by atoms with Gasteiger partial charge in [0.2, 0.25) is 0 Å². The summed E-state index contributed by atoms with van der Waals surface area (Å²) in [6, 6.07) is 0. The Bertz CT molecular complexity index is 165. The SMILES string of the molecule is CCC(=O)COC1CCCC(C)C1. The van der Waals surface area contributed by atoms with Gasteiger partial charge in [-0.15, -0.1) is 0 Å². The Hall–Kier alpha value is -0.370. The van der Waals surface area contributed by atoms with E-state index in [2.05, 4.69) is 6.92 Å². The molecule has 2 nitrogen and oxygen atoms in total. The number of carbonyl (C=O) groups is 1. The van der Waals surface area contributed by atoms with Gasteiger partial charge in [-0.2, -0.15) is 0 Å². The van der Waals surface area contributed by atoms with Crippen LogP contribution in [-0.4, -0.2) is 18.5 Å². The molecular formula is C11H20O2. The molecule has 0 N–H and O–H groups in total.